The molecule has 0 saturated carbocycles. The molecule has 3 heteroatoms. The zero-order valence-corrected chi connectivity index (χ0v) is 14.3. The van der Waals surface area contributed by atoms with Gasteiger partial charge in [0.15, 0.2) is 0 Å². The van der Waals surface area contributed by atoms with E-state index in [1.54, 1.807) is 0 Å². The fourth-order valence-electron chi connectivity index (χ4n) is 2.58. The third-order valence-corrected chi connectivity index (χ3v) is 4.28. The van der Waals surface area contributed by atoms with Gasteiger partial charge in [0.05, 0.1) is 0 Å². The number of rotatable bonds is 3. The first-order chi connectivity index (χ1) is 11.1. The molecule has 3 aromatic carbocycles. The van der Waals surface area contributed by atoms with Crippen LogP contribution in [-0.2, 0) is 4.79 Å². The Balaban J connectivity index is 2.14. The lowest BCUT2D eigenvalue weighted by atomic mass is 10.0. The third-order valence-electron chi connectivity index (χ3n) is 3.59. The van der Waals surface area contributed by atoms with Crippen molar-refractivity contribution in [3.05, 3.63) is 76.3 Å². The van der Waals surface area contributed by atoms with Crippen molar-refractivity contribution in [3.63, 3.8) is 0 Å². The normalized spacial score (nSPS) is 11.0. The first kappa shape index (κ1) is 15.5. The summed E-state index contributed by atoms with van der Waals surface area (Å²) in [5.41, 5.74) is 3.03. The van der Waals surface area contributed by atoms with Crippen LogP contribution in [0.4, 0.5) is 5.69 Å². The minimum absolute atomic E-state index is 0.0736. The van der Waals surface area contributed by atoms with Gasteiger partial charge in [-0.3, -0.25) is 4.79 Å². The Morgan fingerprint density at radius 2 is 1.74 bits per heavy atom. The second-order valence-electron chi connectivity index (χ2n) is 5.29. The Hall–Kier alpha value is -2.39. The molecule has 0 fully saturated rings. The van der Waals surface area contributed by atoms with Crippen LogP contribution in [0.1, 0.15) is 18.1 Å². The van der Waals surface area contributed by atoms with E-state index in [2.05, 4.69) is 51.6 Å². The number of benzene rings is 3. The SMILES string of the molecule is CC(=O)Nc1ccc(Br)c2cccc(/C=C/c3ccccc3)c12. The summed E-state index contributed by atoms with van der Waals surface area (Å²) >= 11 is 3.59. The maximum atomic E-state index is 11.5. The molecule has 0 spiro atoms. The second kappa shape index (κ2) is 6.80. The number of anilines is 1. The van der Waals surface area contributed by atoms with Crippen LogP contribution in [0, 0.1) is 0 Å². The zero-order valence-electron chi connectivity index (χ0n) is 12.7. The number of carbonyl (C=O) groups is 1. The fraction of sp³-hybridized carbons (Fsp3) is 0.0500. The van der Waals surface area contributed by atoms with Gasteiger partial charge in [0.25, 0.3) is 0 Å². The van der Waals surface area contributed by atoms with Crippen molar-refractivity contribution >= 4 is 50.4 Å². The van der Waals surface area contributed by atoms with E-state index in [-0.39, 0.29) is 5.91 Å². The maximum absolute atomic E-state index is 11.5. The van der Waals surface area contributed by atoms with Gasteiger partial charge in [0, 0.05) is 22.5 Å². The third kappa shape index (κ3) is 3.51. The smallest absolute Gasteiger partial charge is 0.221 e. The van der Waals surface area contributed by atoms with Gasteiger partial charge in [-0.15, -0.1) is 0 Å². The number of carbonyl (C=O) groups excluding carboxylic acids is 1. The van der Waals surface area contributed by atoms with Crippen LogP contribution in [-0.4, -0.2) is 5.91 Å². The van der Waals surface area contributed by atoms with Crippen molar-refractivity contribution in [1.29, 1.82) is 0 Å². The minimum Gasteiger partial charge on any atom is -0.326 e. The van der Waals surface area contributed by atoms with E-state index in [0.717, 1.165) is 32.1 Å². The number of nitrogens with one attached hydrogen (secondary N) is 1. The quantitative estimate of drug-likeness (QED) is 0.589. The Kier molecular flexibility index (Phi) is 4.58. The average Bonchev–Trinajstić information content (AvgIpc) is 2.56. The average molecular weight is 366 g/mol. The highest BCUT2D eigenvalue weighted by Crippen LogP contribution is 2.33. The number of amides is 1. The molecule has 1 amide bonds. The van der Waals surface area contributed by atoms with Crippen molar-refractivity contribution in [3.8, 4) is 0 Å². The van der Waals surface area contributed by atoms with Gasteiger partial charge < -0.3 is 5.32 Å². The summed E-state index contributed by atoms with van der Waals surface area (Å²) in [7, 11) is 0. The topological polar surface area (TPSA) is 29.1 Å². The molecule has 0 unspecified atom stereocenters. The molecule has 23 heavy (non-hydrogen) atoms. The largest absolute Gasteiger partial charge is 0.326 e. The van der Waals surface area contributed by atoms with Crippen molar-refractivity contribution in [2.75, 3.05) is 5.32 Å². The molecule has 0 aliphatic heterocycles. The van der Waals surface area contributed by atoms with Crippen LogP contribution in [0.15, 0.2) is 65.1 Å². The summed E-state index contributed by atoms with van der Waals surface area (Å²) in [5.74, 6) is -0.0736. The highest BCUT2D eigenvalue weighted by atomic mass is 79.9. The molecule has 1 N–H and O–H groups in total. The summed E-state index contributed by atoms with van der Waals surface area (Å²) in [6.07, 6.45) is 4.16. The van der Waals surface area contributed by atoms with Crippen LogP contribution in [0.5, 0.6) is 0 Å². The Morgan fingerprint density at radius 3 is 2.48 bits per heavy atom. The Labute approximate surface area is 144 Å². The number of hydrogen-bond donors (Lipinski definition) is 1. The van der Waals surface area contributed by atoms with E-state index in [1.807, 2.05) is 42.5 Å². The Morgan fingerprint density at radius 1 is 0.957 bits per heavy atom. The van der Waals surface area contributed by atoms with Crippen LogP contribution in [0.3, 0.4) is 0 Å². The van der Waals surface area contributed by atoms with E-state index in [4.69, 9.17) is 0 Å². The highest BCUT2D eigenvalue weighted by molar-refractivity contribution is 9.10. The molecule has 0 saturated heterocycles. The predicted octanol–water partition coefficient (Wildman–Crippen LogP) is 5.73. The van der Waals surface area contributed by atoms with Crippen molar-refractivity contribution in [1.82, 2.24) is 0 Å². The molecule has 3 aromatic rings. The van der Waals surface area contributed by atoms with Crippen molar-refractivity contribution < 1.29 is 4.79 Å². The van der Waals surface area contributed by atoms with Crippen molar-refractivity contribution in [2.45, 2.75) is 6.92 Å². The number of fused-ring (bicyclic) bond motifs is 1. The molecule has 114 valence electrons. The van der Waals surface area contributed by atoms with Gasteiger partial charge in [-0.2, -0.15) is 0 Å². The molecule has 0 heterocycles. The predicted molar refractivity (Wildman–Crippen MR) is 101 cm³/mol. The lowest BCUT2D eigenvalue weighted by molar-refractivity contribution is -0.114. The summed E-state index contributed by atoms with van der Waals surface area (Å²) in [5, 5.41) is 5.03. The van der Waals surface area contributed by atoms with Crippen LogP contribution >= 0.6 is 15.9 Å². The highest BCUT2D eigenvalue weighted by Gasteiger charge is 2.08. The molecule has 0 bridgehead atoms. The van der Waals surface area contributed by atoms with Crippen LogP contribution < -0.4 is 5.32 Å². The van der Waals surface area contributed by atoms with E-state index in [9.17, 15) is 4.79 Å². The molecular weight excluding hydrogens is 350 g/mol. The van der Waals surface area contributed by atoms with E-state index < -0.39 is 0 Å². The number of hydrogen-bond acceptors (Lipinski definition) is 1. The van der Waals surface area contributed by atoms with E-state index in [1.165, 1.54) is 6.92 Å². The maximum Gasteiger partial charge on any atom is 0.221 e. The van der Waals surface area contributed by atoms with Gasteiger partial charge >= 0.3 is 0 Å². The standard InChI is InChI=1S/C20H16BrNO/c1-14(23)22-19-13-12-18(21)17-9-5-8-16(20(17)19)11-10-15-6-3-2-4-7-15/h2-13H,1H3,(H,22,23)/b11-10+. The summed E-state index contributed by atoms with van der Waals surface area (Å²) in [6.45, 7) is 1.52. The van der Waals surface area contributed by atoms with Gasteiger partial charge in [-0.25, -0.2) is 0 Å². The summed E-state index contributed by atoms with van der Waals surface area (Å²) < 4.78 is 1.01. The zero-order chi connectivity index (χ0) is 16.2. The van der Waals surface area contributed by atoms with Gasteiger partial charge in [0.2, 0.25) is 5.91 Å². The second-order valence-corrected chi connectivity index (χ2v) is 6.14. The molecule has 2 nitrogen and oxygen atoms in total. The molecule has 0 aromatic heterocycles. The molecule has 0 aliphatic rings. The minimum atomic E-state index is -0.0736. The summed E-state index contributed by atoms with van der Waals surface area (Å²) in [6, 6.07) is 20.2. The fourth-order valence-corrected chi connectivity index (χ4v) is 3.04. The lowest BCUT2D eigenvalue weighted by Crippen LogP contribution is -2.06. The van der Waals surface area contributed by atoms with E-state index in [0.29, 0.717) is 0 Å². The van der Waals surface area contributed by atoms with Gasteiger partial charge in [-0.05, 0) is 28.6 Å². The van der Waals surface area contributed by atoms with Crippen molar-refractivity contribution in [2.24, 2.45) is 0 Å². The first-order valence-electron chi connectivity index (χ1n) is 7.37. The molecule has 0 aliphatic carbocycles. The monoisotopic (exact) mass is 365 g/mol. The first-order valence-corrected chi connectivity index (χ1v) is 8.16. The van der Waals surface area contributed by atoms with Gasteiger partial charge in [-0.1, -0.05) is 76.6 Å². The summed E-state index contributed by atoms with van der Waals surface area (Å²) in [4.78, 5) is 11.5. The van der Waals surface area contributed by atoms with Crippen LogP contribution in [0.25, 0.3) is 22.9 Å². The van der Waals surface area contributed by atoms with Gasteiger partial charge in [0.1, 0.15) is 0 Å². The van der Waals surface area contributed by atoms with E-state index >= 15 is 0 Å². The number of halogens is 1. The van der Waals surface area contributed by atoms with Crippen LogP contribution in [0.2, 0.25) is 0 Å². The molecule has 0 atom stereocenters. The lowest BCUT2D eigenvalue weighted by Gasteiger charge is -2.11. The molecular formula is C20H16BrNO. The Bertz CT molecular complexity index is 885. The molecule has 3 rings (SSSR count). The molecule has 0 radical (unpaired) electrons.